The van der Waals surface area contributed by atoms with Crippen molar-refractivity contribution in [2.75, 3.05) is 13.7 Å². The van der Waals surface area contributed by atoms with Crippen LogP contribution in [0.5, 0.6) is 5.75 Å². The SMILES string of the molecule is C=C(Br)CN1C(=O)NC(C)(c2ccc(OC)cc2)C1=O. The Morgan fingerprint density at radius 2 is 2.00 bits per heavy atom. The molecule has 0 aromatic heterocycles. The summed E-state index contributed by atoms with van der Waals surface area (Å²) in [6.07, 6.45) is 0. The summed E-state index contributed by atoms with van der Waals surface area (Å²) in [6, 6.07) is 6.62. The number of rotatable bonds is 4. The van der Waals surface area contributed by atoms with Gasteiger partial charge in [-0.05, 0) is 24.6 Å². The lowest BCUT2D eigenvalue weighted by Crippen LogP contribution is -2.40. The van der Waals surface area contributed by atoms with Gasteiger partial charge in [-0.3, -0.25) is 9.69 Å². The Hall–Kier alpha value is -1.82. The third kappa shape index (κ3) is 2.43. The smallest absolute Gasteiger partial charge is 0.325 e. The number of hydrogen-bond donors (Lipinski definition) is 1. The van der Waals surface area contributed by atoms with E-state index in [-0.39, 0.29) is 12.5 Å². The highest BCUT2D eigenvalue weighted by atomic mass is 79.9. The van der Waals surface area contributed by atoms with Gasteiger partial charge in [0.05, 0.1) is 13.7 Å². The van der Waals surface area contributed by atoms with Crippen molar-refractivity contribution in [2.24, 2.45) is 0 Å². The van der Waals surface area contributed by atoms with E-state index in [1.807, 2.05) is 0 Å². The van der Waals surface area contributed by atoms with Gasteiger partial charge in [0.1, 0.15) is 11.3 Å². The van der Waals surface area contributed by atoms with Crippen molar-refractivity contribution < 1.29 is 14.3 Å². The fourth-order valence-corrected chi connectivity index (χ4v) is 2.38. The second-order valence-corrected chi connectivity index (χ2v) is 5.81. The molecule has 1 atom stereocenters. The van der Waals surface area contributed by atoms with Gasteiger partial charge in [-0.25, -0.2) is 4.79 Å². The van der Waals surface area contributed by atoms with Gasteiger partial charge in [-0.2, -0.15) is 0 Å². The Labute approximate surface area is 125 Å². The molecular weight excluding hydrogens is 324 g/mol. The Bertz CT molecular complexity index is 570. The van der Waals surface area contributed by atoms with E-state index in [2.05, 4.69) is 27.8 Å². The largest absolute Gasteiger partial charge is 0.497 e. The first kappa shape index (κ1) is 14.6. The number of carbonyl (C=O) groups is 2. The summed E-state index contributed by atoms with van der Waals surface area (Å²) in [4.78, 5) is 25.6. The van der Waals surface area contributed by atoms with Crippen molar-refractivity contribution >= 4 is 27.9 Å². The van der Waals surface area contributed by atoms with Gasteiger partial charge in [0, 0.05) is 4.48 Å². The van der Waals surface area contributed by atoms with Crippen LogP contribution in [0.1, 0.15) is 12.5 Å². The standard InChI is InChI=1S/C14H15BrN2O3/c1-9(15)8-17-12(18)14(2,16-13(17)19)10-4-6-11(20-3)7-5-10/h4-7H,1,8H2,2-3H3,(H,16,19). The molecule has 5 nitrogen and oxygen atoms in total. The van der Waals surface area contributed by atoms with E-state index < -0.39 is 11.6 Å². The first-order valence-corrected chi connectivity index (χ1v) is 6.79. The van der Waals surface area contributed by atoms with E-state index in [9.17, 15) is 9.59 Å². The number of imide groups is 1. The minimum absolute atomic E-state index is 0.149. The summed E-state index contributed by atoms with van der Waals surface area (Å²) < 4.78 is 5.66. The van der Waals surface area contributed by atoms with Crippen molar-refractivity contribution in [3.63, 3.8) is 0 Å². The Morgan fingerprint density at radius 1 is 1.40 bits per heavy atom. The molecule has 20 heavy (non-hydrogen) atoms. The number of benzene rings is 1. The van der Waals surface area contributed by atoms with Gasteiger partial charge >= 0.3 is 6.03 Å². The molecule has 1 unspecified atom stereocenters. The van der Waals surface area contributed by atoms with E-state index in [0.29, 0.717) is 15.8 Å². The number of nitrogens with zero attached hydrogens (tertiary/aromatic N) is 1. The Kier molecular flexibility index (Phi) is 3.85. The normalized spacial score (nSPS) is 21.9. The predicted molar refractivity (Wildman–Crippen MR) is 78.7 cm³/mol. The van der Waals surface area contributed by atoms with Crippen LogP contribution in [0, 0.1) is 0 Å². The molecule has 1 heterocycles. The first-order chi connectivity index (χ1) is 9.38. The van der Waals surface area contributed by atoms with Crippen LogP contribution < -0.4 is 10.1 Å². The summed E-state index contributed by atoms with van der Waals surface area (Å²) in [5.41, 5.74) is -0.356. The lowest BCUT2D eigenvalue weighted by molar-refractivity contribution is -0.130. The lowest BCUT2D eigenvalue weighted by Gasteiger charge is -2.22. The summed E-state index contributed by atoms with van der Waals surface area (Å²) in [5, 5.41) is 2.72. The molecule has 0 spiro atoms. The third-order valence-electron chi connectivity index (χ3n) is 3.27. The van der Waals surface area contributed by atoms with Crippen LogP contribution in [0.3, 0.4) is 0 Å². The molecule has 0 saturated carbocycles. The van der Waals surface area contributed by atoms with Gasteiger partial charge in [0.2, 0.25) is 0 Å². The number of hydrogen-bond acceptors (Lipinski definition) is 3. The molecule has 1 N–H and O–H groups in total. The molecule has 1 aliphatic heterocycles. The average molecular weight is 339 g/mol. The Morgan fingerprint density at radius 3 is 2.50 bits per heavy atom. The number of ether oxygens (including phenoxy) is 1. The average Bonchev–Trinajstić information content (AvgIpc) is 2.63. The minimum atomic E-state index is -1.06. The number of halogens is 1. The zero-order chi connectivity index (χ0) is 14.9. The van der Waals surface area contributed by atoms with Crippen LogP contribution >= 0.6 is 15.9 Å². The maximum Gasteiger partial charge on any atom is 0.325 e. The second kappa shape index (κ2) is 5.28. The summed E-state index contributed by atoms with van der Waals surface area (Å²) in [6.45, 7) is 5.49. The molecular formula is C14H15BrN2O3. The third-order valence-corrected chi connectivity index (χ3v) is 3.52. The van der Waals surface area contributed by atoms with Gasteiger partial charge in [-0.15, -0.1) is 0 Å². The monoisotopic (exact) mass is 338 g/mol. The fourth-order valence-electron chi connectivity index (χ4n) is 2.13. The number of amides is 3. The summed E-state index contributed by atoms with van der Waals surface area (Å²) in [5.74, 6) is 0.396. The van der Waals surface area contributed by atoms with E-state index in [1.54, 1.807) is 38.3 Å². The maximum absolute atomic E-state index is 12.5. The highest BCUT2D eigenvalue weighted by Crippen LogP contribution is 2.30. The quantitative estimate of drug-likeness (QED) is 0.857. The molecule has 0 aliphatic carbocycles. The highest BCUT2D eigenvalue weighted by molar-refractivity contribution is 9.11. The van der Waals surface area contributed by atoms with Crippen LogP contribution in [0.4, 0.5) is 4.79 Å². The molecule has 0 bridgehead atoms. The van der Waals surface area contributed by atoms with Crippen LogP contribution in [0.2, 0.25) is 0 Å². The second-order valence-electron chi connectivity index (χ2n) is 4.69. The van der Waals surface area contributed by atoms with E-state index in [4.69, 9.17) is 4.74 Å². The predicted octanol–water partition coefficient (Wildman–Crippen LogP) is 2.37. The zero-order valence-corrected chi connectivity index (χ0v) is 12.9. The molecule has 3 amide bonds. The molecule has 1 fully saturated rings. The summed E-state index contributed by atoms with van der Waals surface area (Å²) >= 11 is 3.17. The molecule has 1 aliphatic rings. The number of urea groups is 1. The molecule has 106 valence electrons. The molecule has 2 rings (SSSR count). The molecule has 1 aromatic carbocycles. The number of methoxy groups -OCH3 is 1. The highest BCUT2D eigenvalue weighted by Gasteiger charge is 2.48. The van der Waals surface area contributed by atoms with Crippen LogP contribution in [0.25, 0.3) is 0 Å². The van der Waals surface area contributed by atoms with Crippen LogP contribution in [-0.4, -0.2) is 30.5 Å². The van der Waals surface area contributed by atoms with Gasteiger partial charge < -0.3 is 10.1 Å². The minimum Gasteiger partial charge on any atom is -0.497 e. The van der Waals surface area contributed by atoms with E-state index in [1.165, 1.54) is 0 Å². The molecule has 1 saturated heterocycles. The van der Waals surface area contributed by atoms with Crippen LogP contribution in [-0.2, 0) is 10.3 Å². The van der Waals surface area contributed by atoms with Gasteiger partial charge in [-0.1, -0.05) is 34.6 Å². The zero-order valence-electron chi connectivity index (χ0n) is 11.3. The van der Waals surface area contributed by atoms with Gasteiger partial charge in [0.15, 0.2) is 0 Å². The molecule has 0 radical (unpaired) electrons. The lowest BCUT2D eigenvalue weighted by atomic mass is 9.92. The maximum atomic E-state index is 12.5. The summed E-state index contributed by atoms with van der Waals surface area (Å²) in [7, 11) is 1.57. The first-order valence-electron chi connectivity index (χ1n) is 6.00. The fraction of sp³-hybridized carbons (Fsp3) is 0.286. The molecule has 6 heteroatoms. The van der Waals surface area contributed by atoms with Crippen LogP contribution in [0.15, 0.2) is 35.3 Å². The van der Waals surface area contributed by atoms with Crippen molar-refractivity contribution in [1.29, 1.82) is 0 Å². The van der Waals surface area contributed by atoms with Crippen molar-refractivity contribution in [3.05, 3.63) is 40.9 Å². The van der Waals surface area contributed by atoms with Crippen molar-refractivity contribution in [2.45, 2.75) is 12.5 Å². The topological polar surface area (TPSA) is 58.6 Å². The van der Waals surface area contributed by atoms with E-state index in [0.717, 1.165) is 4.90 Å². The number of carbonyl (C=O) groups excluding carboxylic acids is 2. The van der Waals surface area contributed by atoms with Crippen molar-refractivity contribution in [1.82, 2.24) is 10.2 Å². The Balaban J connectivity index is 2.32. The van der Waals surface area contributed by atoms with Crippen molar-refractivity contribution in [3.8, 4) is 5.75 Å². The van der Waals surface area contributed by atoms with Gasteiger partial charge in [0.25, 0.3) is 5.91 Å². The number of nitrogens with one attached hydrogen (secondary N) is 1. The van der Waals surface area contributed by atoms with E-state index >= 15 is 0 Å². The molecule has 1 aromatic rings.